The minimum atomic E-state index is -0.951. The number of pyridine rings is 1. The van der Waals surface area contributed by atoms with Crippen LogP contribution >= 0.6 is 27.5 Å². The summed E-state index contributed by atoms with van der Waals surface area (Å²) in [5.74, 6) is -2.41. The molecule has 0 bridgehead atoms. The SMILES string of the molecule is O=C(Nc1c(F)cc(F)cc1Cl)c1cccc(Br)n1. The zero-order chi connectivity index (χ0) is 14.0. The molecule has 0 saturated carbocycles. The number of benzene rings is 1. The molecule has 1 amide bonds. The Morgan fingerprint density at radius 3 is 2.68 bits per heavy atom. The monoisotopic (exact) mass is 346 g/mol. The number of hydrogen-bond donors (Lipinski definition) is 1. The Kier molecular flexibility index (Phi) is 4.11. The Labute approximate surface area is 120 Å². The largest absolute Gasteiger partial charge is 0.317 e. The molecule has 1 aromatic heterocycles. The quantitative estimate of drug-likeness (QED) is 0.834. The van der Waals surface area contributed by atoms with Crippen molar-refractivity contribution in [2.24, 2.45) is 0 Å². The minimum Gasteiger partial charge on any atom is -0.317 e. The lowest BCUT2D eigenvalue weighted by Crippen LogP contribution is -2.15. The number of carbonyl (C=O) groups excluding carboxylic acids is 1. The van der Waals surface area contributed by atoms with Gasteiger partial charge in [-0.15, -0.1) is 0 Å². The van der Waals surface area contributed by atoms with E-state index in [0.29, 0.717) is 10.7 Å². The highest BCUT2D eigenvalue weighted by Gasteiger charge is 2.15. The van der Waals surface area contributed by atoms with E-state index in [2.05, 4.69) is 26.2 Å². The molecular formula is C12H6BrClF2N2O. The molecule has 1 heterocycles. The predicted octanol–water partition coefficient (Wildman–Crippen LogP) is 4.03. The van der Waals surface area contributed by atoms with E-state index in [0.717, 1.165) is 6.07 Å². The van der Waals surface area contributed by atoms with Crippen LogP contribution in [0, 0.1) is 11.6 Å². The molecule has 19 heavy (non-hydrogen) atoms. The van der Waals surface area contributed by atoms with Crippen LogP contribution in [0.25, 0.3) is 0 Å². The average Bonchev–Trinajstić information content (AvgIpc) is 2.33. The third-order valence-electron chi connectivity index (χ3n) is 2.19. The fourth-order valence-corrected chi connectivity index (χ4v) is 1.96. The van der Waals surface area contributed by atoms with Crippen molar-refractivity contribution in [2.75, 3.05) is 5.32 Å². The number of rotatable bonds is 2. The van der Waals surface area contributed by atoms with Gasteiger partial charge in [-0.1, -0.05) is 17.7 Å². The molecule has 0 aliphatic rings. The van der Waals surface area contributed by atoms with Crippen LogP contribution in [0.2, 0.25) is 5.02 Å². The molecule has 1 aromatic carbocycles. The molecule has 0 unspecified atom stereocenters. The lowest BCUT2D eigenvalue weighted by atomic mass is 10.2. The van der Waals surface area contributed by atoms with Gasteiger partial charge in [-0.3, -0.25) is 4.79 Å². The number of amides is 1. The van der Waals surface area contributed by atoms with Crippen molar-refractivity contribution in [3.8, 4) is 0 Å². The van der Waals surface area contributed by atoms with Gasteiger partial charge in [0.2, 0.25) is 0 Å². The molecule has 2 rings (SSSR count). The number of nitrogens with one attached hydrogen (secondary N) is 1. The van der Waals surface area contributed by atoms with E-state index in [1.807, 2.05) is 0 Å². The van der Waals surface area contributed by atoms with Gasteiger partial charge in [-0.2, -0.15) is 0 Å². The molecular weight excluding hydrogens is 341 g/mol. The second-order valence-corrected chi connectivity index (χ2v) is 4.76. The number of aromatic nitrogens is 1. The minimum absolute atomic E-state index is 0.0779. The summed E-state index contributed by atoms with van der Waals surface area (Å²) in [7, 11) is 0. The van der Waals surface area contributed by atoms with Crippen molar-refractivity contribution in [2.45, 2.75) is 0 Å². The fraction of sp³-hybridized carbons (Fsp3) is 0. The zero-order valence-corrected chi connectivity index (χ0v) is 11.6. The first-order valence-corrected chi connectivity index (χ1v) is 6.23. The molecule has 98 valence electrons. The molecule has 7 heteroatoms. The number of nitrogens with zero attached hydrogens (tertiary/aromatic N) is 1. The molecule has 2 aromatic rings. The van der Waals surface area contributed by atoms with Crippen LogP contribution in [0.5, 0.6) is 0 Å². The maximum Gasteiger partial charge on any atom is 0.274 e. The van der Waals surface area contributed by atoms with E-state index < -0.39 is 17.5 Å². The zero-order valence-electron chi connectivity index (χ0n) is 9.25. The lowest BCUT2D eigenvalue weighted by molar-refractivity contribution is 0.102. The van der Waals surface area contributed by atoms with Gasteiger partial charge in [0.25, 0.3) is 5.91 Å². The average molecular weight is 348 g/mol. The smallest absolute Gasteiger partial charge is 0.274 e. The summed E-state index contributed by atoms with van der Waals surface area (Å²) in [5.41, 5.74) is -0.205. The van der Waals surface area contributed by atoms with Crippen molar-refractivity contribution >= 4 is 39.1 Å². The van der Waals surface area contributed by atoms with Gasteiger partial charge in [-0.05, 0) is 34.1 Å². The summed E-state index contributed by atoms with van der Waals surface area (Å²) < 4.78 is 26.8. The van der Waals surface area contributed by atoms with Crippen molar-refractivity contribution in [3.63, 3.8) is 0 Å². The molecule has 0 aliphatic heterocycles. The van der Waals surface area contributed by atoms with E-state index in [1.165, 1.54) is 6.07 Å². The Hall–Kier alpha value is -1.53. The highest BCUT2D eigenvalue weighted by atomic mass is 79.9. The highest BCUT2D eigenvalue weighted by molar-refractivity contribution is 9.10. The maximum atomic E-state index is 13.5. The fourth-order valence-electron chi connectivity index (χ4n) is 1.37. The van der Waals surface area contributed by atoms with E-state index in [4.69, 9.17) is 11.6 Å². The van der Waals surface area contributed by atoms with E-state index >= 15 is 0 Å². The van der Waals surface area contributed by atoms with Gasteiger partial charge in [0.1, 0.15) is 16.1 Å². The van der Waals surface area contributed by atoms with Crippen LogP contribution in [-0.4, -0.2) is 10.9 Å². The van der Waals surface area contributed by atoms with E-state index in [9.17, 15) is 13.6 Å². The van der Waals surface area contributed by atoms with E-state index in [-0.39, 0.29) is 16.4 Å². The van der Waals surface area contributed by atoms with Gasteiger partial charge in [0.05, 0.1) is 10.7 Å². The molecule has 0 fully saturated rings. The first-order valence-electron chi connectivity index (χ1n) is 5.06. The van der Waals surface area contributed by atoms with Crippen LogP contribution in [0.15, 0.2) is 34.9 Å². The van der Waals surface area contributed by atoms with Gasteiger partial charge in [-0.25, -0.2) is 13.8 Å². The molecule has 0 atom stereocenters. The van der Waals surface area contributed by atoms with Crippen LogP contribution in [0.4, 0.5) is 14.5 Å². The molecule has 0 aliphatic carbocycles. The first-order chi connectivity index (χ1) is 8.97. The maximum absolute atomic E-state index is 13.5. The van der Waals surface area contributed by atoms with E-state index in [1.54, 1.807) is 12.1 Å². The predicted molar refractivity (Wildman–Crippen MR) is 71.3 cm³/mol. The molecule has 0 radical (unpaired) electrons. The normalized spacial score (nSPS) is 10.3. The summed E-state index contributed by atoms with van der Waals surface area (Å²) in [5, 5.41) is 2.03. The van der Waals surface area contributed by atoms with Crippen LogP contribution in [0.1, 0.15) is 10.5 Å². The van der Waals surface area contributed by atoms with Crippen molar-refractivity contribution in [1.82, 2.24) is 4.98 Å². The van der Waals surface area contributed by atoms with Crippen molar-refractivity contribution in [3.05, 3.63) is 57.3 Å². The first kappa shape index (κ1) is 13.9. The highest BCUT2D eigenvalue weighted by Crippen LogP contribution is 2.26. The molecule has 1 N–H and O–H groups in total. The third kappa shape index (κ3) is 3.27. The number of carbonyl (C=O) groups is 1. The van der Waals surface area contributed by atoms with Crippen molar-refractivity contribution < 1.29 is 13.6 Å². The second-order valence-electron chi connectivity index (χ2n) is 3.54. The van der Waals surface area contributed by atoms with Gasteiger partial charge in [0.15, 0.2) is 5.82 Å². The molecule has 0 saturated heterocycles. The van der Waals surface area contributed by atoms with Crippen LogP contribution < -0.4 is 5.32 Å². The van der Waals surface area contributed by atoms with Crippen LogP contribution in [0.3, 0.4) is 0 Å². The Morgan fingerprint density at radius 2 is 2.05 bits per heavy atom. The number of anilines is 1. The lowest BCUT2D eigenvalue weighted by Gasteiger charge is -2.08. The van der Waals surface area contributed by atoms with Crippen LogP contribution in [-0.2, 0) is 0 Å². The number of hydrogen-bond acceptors (Lipinski definition) is 2. The molecule has 0 spiro atoms. The standard InChI is InChI=1S/C12H6BrClF2N2O/c13-10-3-1-2-9(17-10)12(19)18-11-7(14)4-6(15)5-8(11)16/h1-5H,(H,18,19). The van der Waals surface area contributed by atoms with Gasteiger partial charge in [0, 0.05) is 6.07 Å². The summed E-state index contributed by atoms with van der Waals surface area (Å²) >= 11 is 8.79. The summed E-state index contributed by atoms with van der Waals surface area (Å²) in [4.78, 5) is 15.8. The van der Waals surface area contributed by atoms with Gasteiger partial charge >= 0.3 is 0 Å². The Morgan fingerprint density at radius 1 is 1.32 bits per heavy atom. The second kappa shape index (κ2) is 5.63. The summed E-state index contributed by atoms with van der Waals surface area (Å²) in [6, 6.07) is 6.25. The van der Waals surface area contributed by atoms with Crippen molar-refractivity contribution in [1.29, 1.82) is 0 Å². The Bertz CT molecular complexity index is 628. The third-order valence-corrected chi connectivity index (χ3v) is 2.93. The topological polar surface area (TPSA) is 42.0 Å². The van der Waals surface area contributed by atoms with Gasteiger partial charge < -0.3 is 5.32 Å². The molecule has 3 nitrogen and oxygen atoms in total. The summed E-state index contributed by atoms with van der Waals surface area (Å²) in [6.45, 7) is 0. The number of halogens is 4. The Balaban J connectivity index is 2.29. The summed E-state index contributed by atoms with van der Waals surface area (Å²) in [6.07, 6.45) is 0.